The summed E-state index contributed by atoms with van der Waals surface area (Å²) < 4.78 is 10.4. The van der Waals surface area contributed by atoms with Gasteiger partial charge in [0.2, 0.25) is 5.89 Å². The third-order valence-corrected chi connectivity index (χ3v) is 3.66. The number of hydrogen-bond acceptors (Lipinski definition) is 5. The third-order valence-electron chi connectivity index (χ3n) is 3.66. The number of nitrogens with two attached hydrogens (primary N) is 1. The van der Waals surface area contributed by atoms with Crippen LogP contribution in [0.15, 0.2) is 34.9 Å². The summed E-state index contributed by atoms with van der Waals surface area (Å²) in [6.07, 6.45) is 2.85. The van der Waals surface area contributed by atoms with Crippen LogP contribution in [-0.2, 0) is 6.42 Å². The molecule has 0 aliphatic carbocycles. The highest BCUT2D eigenvalue weighted by Gasteiger charge is 2.17. The van der Waals surface area contributed by atoms with Crippen molar-refractivity contribution < 1.29 is 13.9 Å². The summed E-state index contributed by atoms with van der Waals surface area (Å²) in [5, 5.41) is 2.84. The van der Waals surface area contributed by atoms with Gasteiger partial charge < -0.3 is 20.2 Å². The summed E-state index contributed by atoms with van der Waals surface area (Å²) in [6, 6.07) is 7.47. The molecule has 0 aliphatic heterocycles. The Balaban J connectivity index is 1.83. The van der Waals surface area contributed by atoms with Crippen molar-refractivity contribution >= 4 is 5.91 Å². The lowest BCUT2D eigenvalue weighted by molar-refractivity contribution is 0.0949. The van der Waals surface area contributed by atoms with E-state index in [-0.39, 0.29) is 17.6 Å². The molecule has 2 aromatic rings. The van der Waals surface area contributed by atoms with E-state index in [9.17, 15) is 4.79 Å². The number of nitrogens with zero attached hydrogens (tertiary/aromatic N) is 1. The molecule has 6 nitrogen and oxygen atoms in total. The number of rotatable bonds is 8. The van der Waals surface area contributed by atoms with Gasteiger partial charge in [0.05, 0.1) is 13.2 Å². The molecule has 1 aromatic heterocycles. The Hall–Kier alpha value is -2.34. The van der Waals surface area contributed by atoms with Crippen molar-refractivity contribution in [3.8, 4) is 5.75 Å². The minimum Gasteiger partial charge on any atom is -0.497 e. The van der Waals surface area contributed by atoms with E-state index in [1.165, 1.54) is 6.26 Å². The normalized spacial score (nSPS) is 12.2. The van der Waals surface area contributed by atoms with Gasteiger partial charge in [-0.2, -0.15) is 0 Å². The number of carbonyl (C=O) groups is 1. The number of oxazole rings is 1. The van der Waals surface area contributed by atoms with Crippen molar-refractivity contribution in [1.82, 2.24) is 10.3 Å². The second-order valence-corrected chi connectivity index (χ2v) is 6.16. The number of methoxy groups -OCH3 is 1. The summed E-state index contributed by atoms with van der Waals surface area (Å²) in [7, 11) is 1.63. The van der Waals surface area contributed by atoms with E-state index in [1.54, 1.807) is 7.11 Å². The first kappa shape index (κ1) is 18.0. The van der Waals surface area contributed by atoms with E-state index in [0.717, 1.165) is 24.2 Å². The van der Waals surface area contributed by atoms with E-state index < -0.39 is 0 Å². The average Bonchev–Trinajstić information content (AvgIpc) is 3.05. The van der Waals surface area contributed by atoms with Crippen LogP contribution in [0.25, 0.3) is 0 Å². The second-order valence-electron chi connectivity index (χ2n) is 6.16. The highest BCUT2D eigenvalue weighted by Crippen LogP contribution is 2.18. The fraction of sp³-hybridized carbons (Fsp3) is 0.444. The molecule has 1 heterocycles. The lowest BCUT2D eigenvalue weighted by Crippen LogP contribution is -2.26. The topological polar surface area (TPSA) is 90.4 Å². The molecule has 1 unspecified atom stereocenters. The molecule has 6 heteroatoms. The number of ether oxygens (including phenoxy) is 1. The van der Waals surface area contributed by atoms with Crippen LogP contribution in [0.3, 0.4) is 0 Å². The van der Waals surface area contributed by atoms with Crippen LogP contribution in [0, 0.1) is 5.92 Å². The van der Waals surface area contributed by atoms with Gasteiger partial charge in [-0.15, -0.1) is 0 Å². The second kappa shape index (κ2) is 8.49. The number of carbonyl (C=O) groups excluding carboxylic acids is 1. The average molecular weight is 331 g/mol. The van der Waals surface area contributed by atoms with Crippen LogP contribution in [0.4, 0.5) is 0 Å². The zero-order valence-electron chi connectivity index (χ0n) is 14.4. The molecule has 0 spiro atoms. The first-order valence-electron chi connectivity index (χ1n) is 8.11. The monoisotopic (exact) mass is 331 g/mol. The molecule has 1 amide bonds. The molecule has 0 fully saturated rings. The van der Waals surface area contributed by atoms with Gasteiger partial charge in [0.15, 0.2) is 5.69 Å². The van der Waals surface area contributed by atoms with Gasteiger partial charge in [0.1, 0.15) is 12.0 Å². The van der Waals surface area contributed by atoms with Crippen molar-refractivity contribution in [2.75, 3.05) is 13.7 Å². The molecule has 1 aromatic carbocycles. The lowest BCUT2D eigenvalue weighted by atomic mass is 10.0. The molecule has 24 heavy (non-hydrogen) atoms. The predicted molar refractivity (Wildman–Crippen MR) is 91.9 cm³/mol. The first-order chi connectivity index (χ1) is 11.5. The molecule has 3 N–H and O–H groups in total. The van der Waals surface area contributed by atoms with Crippen LogP contribution < -0.4 is 15.8 Å². The Morgan fingerprint density at radius 1 is 1.33 bits per heavy atom. The fourth-order valence-electron chi connectivity index (χ4n) is 2.37. The van der Waals surface area contributed by atoms with E-state index in [1.807, 2.05) is 24.3 Å². The summed E-state index contributed by atoms with van der Waals surface area (Å²) >= 11 is 0. The number of hydrogen-bond donors (Lipinski definition) is 2. The molecule has 0 radical (unpaired) electrons. The van der Waals surface area contributed by atoms with Crippen molar-refractivity contribution in [2.24, 2.45) is 11.7 Å². The molecular formula is C18H25N3O3. The van der Waals surface area contributed by atoms with Crippen molar-refractivity contribution in [1.29, 1.82) is 0 Å². The largest absolute Gasteiger partial charge is 0.497 e. The van der Waals surface area contributed by atoms with E-state index in [2.05, 4.69) is 24.1 Å². The lowest BCUT2D eigenvalue weighted by Gasteiger charge is -2.09. The first-order valence-corrected chi connectivity index (χ1v) is 8.11. The zero-order valence-corrected chi connectivity index (χ0v) is 14.4. The summed E-state index contributed by atoms with van der Waals surface area (Å²) in [6.45, 7) is 4.68. The molecule has 0 bridgehead atoms. The minimum atomic E-state index is -0.286. The quantitative estimate of drug-likeness (QED) is 0.776. The van der Waals surface area contributed by atoms with E-state index in [4.69, 9.17) is 14.9 Å². The molecule has 1 atom stereocenters. The number of amides is 1. The Kier molecular flexibility index (Phi) is 6.37. The van der Waals surface area contributed by atoms with E-state index in [0.29, 0.717) is 18.4 Å². The SMILES string of the molecule is COc1ccc(CCNC(=O)c2coc(C(N)CC(C)C)n2)cc1. The Labute approximate surface area is 142 Å². The molecular weight excluding hydrogens is 306 g/mol. The smallest absolute Gasteiger partial charge is 0.273 e. The number of benzene rings is 1. The molecule has 130 valence electrons. The number of aromatic nitrogens is 1. The van der Waals surface area contributed by atoms with Gasteiger partial charge in [-0.3, -0.25) is 4.79 Å². The van der Waals surface area contributed by atoms with Crippen LogP contribution in [0.1, 0.15) is 48.3 Å². The summed E-state index contributed by atoms with van der Waals surface area (Å²) in [5.41, 5.74) is 7.40. The van der Waals surface area contributed by atoms with Crippen LogP contribution in [0.2, 0.25) is 0 Å². The van der Waals surface area contributed by atoms with Gasteiger partial charge in [-0.25, -0.2) is 4.98 Å². The maximum atomic E-state index is 12.1. The standard InChI is InChI=1S/C18H25N3O3/c1-12(2)10-15(19)18-21-16(11-24-18)17(22)20-9-8-13-4-6-14(23-3)7-5-13/h4-7,11-12,15H,8-10,19H2,1-3H3,(H,20,22). The van der Waals surface area contributed by atoms with Gasteiger partial charge in [-0.1, -0.05) is 26.0 Å². The predicted octanol–water partition coefficient (Wildman–Crippen LogP) is 2.70. The van der Waals surface area contributed by atoms with Crippen molar-refractivity contribution in [3.05, 3.63) is 47.7 Å². The maximum absolute atomic E-state index is 12.1. The Bertz CT molecular complexity index is 650. The van der Waals surface area contributed by atoms with Crippen LogP contribution in [-0.4, -0.2) is 24.5 Å². The van der Waals surface area contributed by atoms with Gasteiger partial charge in [0.25, 0.3) is 5.91 Å². The highest BCUT2D eigenvalue weighted by atomic mass is 16.5. The third kappa shape index (κ3) is 5.09. The van der Waals surface area contributed by atoms with Gasteiger partial charge in [0, 0.05) is 6.54 Å². The molecule has 2 rings (SSSR count). The van der Waals surface area contributed by atoms with Gasteiger partial charge >= 0.3 is 0 Å². The van der Waals surface area contributed by atoms with Crippen molar-refractivity contribution in [3.63, 3.8) is 0 Å². The van der Waals surface area contributed by atoms with Gasteiger partial charge in [-0.05, 0) is 36.5 Å². The molecule has 0 saturated carbocycles. The maximum Gasteiger partial charge on any atom is 0.273 e. The Morgan fingerprint density at radius 2 is 2.04 bits per heavy atom. The van der Waals surface area contributed by atoms with E-state index >= 15 is 0 Å². The fourth-order valence-corrected chi connectivity index (χ4v) is 2.37. The van der Waals surface area contributed by atoms with Crippen LogP contribution >= 0.6 is 0 Å². The summed E-state index contributed by atoms with van der Waals surface area (Å²) in [5.74, 6) is 1.41. The summed E-state index contributed by atoms with van der Waals surface area (Å²) in [4.78, 5) is 16.3. The Morgan fingerprint density at radius 3 is 2.67 bits per heavy atom. The zero-order chi connectivity index (χ0) is 17.5. The minimum absolute atomic E-state index is 0.254. The number of nitrogens with one attached hydrogen (secondary N) is 1. The molecule has 0 saturated heterocycles. The van der Waals surface area contributed by atoms with Crippen molar-refractivity contribution in [2.45, 2.75) is 32.7 Å². The molecule has 0 aliphatic rings. The highest BCUT2D eigenvalue weighted by molar-refractivity contribution is 5.91. The van der Waals surface area contributed by atoms with Crippen LogP contribution in [0.5, 0.6) is 5.75 Å².